The fourth-order valence-corrected chi connectivity index (χ4v) is 5.42. The van der Waals surface area contributed by atoms with E-state index in [1.165, 1.54) is 0 Å². The molecule has 1 nitrogen and oxygen atoms in total. The average molecular weight is 321 g/mol. The van der Waals surface area contributed by atoms with Gasteiger partial charge in [-0.1, -0.05) is 83.2 Å². The van der Waals surface area contributed by atoms with Gasteiger partial charge in [-0.25, -0.2) is 0 Å². The van der Waals surface area contributed by atoms with E-state index in [0.717, 1.165) is 15.1 Å². The van der Waals surface area contributed by atoms with Gasteiger partial charge in [0.05, 0.1) is 0 Å². The van der Waals surface area contributed by atoms with E-state index in [0.29, 0.717) is 6.16 Å². The van der Waals surface area contributed by atoms with Crippen LogP contribution in [0.4, 0.5) is 0 Å². The highest BCUT2D eigenvalue weighted by Gasteiger charge is 2.27. The number of hydrogen-bond donors (Lipinski definition) is 0. The molecule has 0 spiro atoms. The van der Waals surface area contributed by atoms with Gasteiger partial charge < -0.3 is 4.57 Å². The molecule has 0 fully saturated rings. The Labute approximate surface area is 116 Å². The normalized spacial score (nSPS) is 11.2. The second kappa shape index (κ2) is 5.69. The predicted octanol–water partition coefficient (Wildman–Crippen LogP) is 3.91. The topological polar surface area (TPSA) is 17.1 Å². The molecule has 0 amide bonds. The van der Waals surface area contributed by atoms with Gasteiger partial charge in [0.15, 0.2) is 0 Å². The van der Waals surface area contributed by atoms with Crippen LogP contribution < -0.4 is 10.6 Å². The summed E-state index contributed by atoms with van der Waals surface area (Å²) in [5.41, 5.74) is 0. The van der Waals surface area contributed by atoms with Crippen molar-refractivity contribution in [2.45, 2.75) is 0 Å². The standard InChI is InChI=1S/C15H14BrOP/c1-13(16)12-18(17,14-8-4-2-5-9-14)15-10-6-3-7-11-15/h2-11H,1,12H2. The quantitative estimate of drug-likeness (QED) is 0.781. The molecule has 0 saturated heterocycles. The summed E-state index contributed by atoms with van der Waals surface area (Å²) < 4.78 is 14.1. The lowest BCUT2D eigenvalue weighted by molar-refractivity contribution is 0.588. The first-order valence-electron chi connectivity index (χ1n) is 5.66. The third kappa shape index (κ3) is 2.82. The third-order valence-corrected chi connectivity index (χ3v) is 6.55. The first-order valence-corrected chi connectivity index (χ1v) is 8.35. The summed E-state index contributed by atoms with van der Waals surface area (Å²) >= 11 is 3.34. The zero-order valence-electron chi connectivity index (χ0n) is 9.92. The van der Waals surface area contributed by atoms with Crippen LogP contribution in [0, 0.1) is 0 Å². The molecule has 2 rings (SSSR count). The number of rotatable bonds is 4. The molecule has 0 aliphatic carbocycles. The van der Waals surface area contributed by atoms with Gasteiger partial charge in [0.1, 0.15) is 7.14 Å². The minimum atomic E-state index is -2.63. The summed E-state index contributed by atoms with van der Waals surface area (Å²) in [6.45, 7) is 3.84. The van der Waals surface area contributed by atoms with Crippen LogP contribution in [0.5, 0.6) is 0 Å². The number of hydrogen-bond acceptors (Lipinski definition) is 1. The first kappa shape index (κ1) is 13.3. The Kier molecular flexibility index (Phi) is 4.21. The van der Waals surface area contributed by atoms with Crippen molar-refractivity contribution in [2.24, 2.45) is 0 Å². The summed E-state index contributed by atoms with van der Waals surface area (Å²) in [7, 11) is -2.63. The molecule has 0 atom stereocenters. The maximum atomic E-state index is 13.3. The fourth-order valence-electron chi connectivity index (χ4n) is 1.91. The predicted molar refractivity (Wildman–Crippen MR) is 82.7 cm³/mol. The minimum absolute atomic E-state index is 0.445. The Morgan fingerprint density at radius 3 is 1.67 bits per heavy atom. The Balaban J connectivity index is 2.55. The third-order valence-electron chi connectivity index (χ3n) is 2.74. The smallest absolute Gasteiger partial charge is 0.147 e. The molecule has 0 radical (unpaired) electrons. The van der Waals surface area contributed by atoms with Gasteiger partial charge >= 0.3 is 0 Å². The van der Waals surface area contributed by atoms with E-state index in [2.05, 4.69) is 22.5 Å². The molecule has 92 valence electrons. The van der Waals surface area contributed by atoms with Crippen LogP contribution in [0.3, 0.4) is 0 Å². The van der Waals surface area contributed by atoms with Crippen molar-refractivity contribution in [2.75, 3.05) is 6.16 Å². The van der Waals surface area contributed by atoms with Crippen molar-refractivity contribution in [1.82, 2.24) is 0 Å². The molecule has 0 heterocycles. The number of halogens is 1. The molecule has 3 heteroatoms. The Hall–Kier alpha value is -1.11. The van der Waals surface area contributed by atoms with Gasteiger partial charge in [0, 0.05) is 16.8 Å². The molecule has 0 saturated carbocycles. The molecular weight excluding hydrogens is 307 g/mol. The lowest BCUT2D eigenvalue weighted by atomic mass is 10.4. The van der Waals surface area contributed by atoms with Crippen molar-refractivity contribution in [3.63, 3.8) is 0 Å². The number of allylic oxidation sites excluding steroid dienone is 1. The van der Waals surface area contributed by atoms with Crippen LogP contribution in [-0.4, -0.2) is 6.16 Å². The maximum absolute atomic E-state index is 13.3. The van der Waals surface area contributed by atoms with Crippen LogP contribution in [0.25, 0.3) is 0 Å². The molecule has 0 aliphatic heterocycles. The number of benzene rings is 2. The van der Waals surface area contributed by atoms with Crippen molar-refractivity contribution in [1.29, 1.82) is 0 Å². The minimum Gasteiger partial charge on any atom is -0.313 e. The zero-order chi connectivity index (χ0) is 13.0. The first-order chi connectivity index (χ1) is 8.63. The van der Waals surface area contributed by atoms with Crippen molar-refractivity contribution < 1.29 is 4.57 Å². The highest BCUT2D eigenvalue weighted by molar-refractivity contribution is 9.11. The SMILES string of the molecule is C=C(Br)CP(=O)(c1ccccc1)c1ccccc1. The molecule has 18 heavy (non-hydrogen) atoms. The highest BCUT2D eigenvalue weighted by atomic mass is 79.9. The molecule has 0 unspecified atom stereocenters. The Morgan fingerprint density at radius 2 is 1.33 bits per heavy atom. The van der Waals surface area contributed by atoms with Gasteiger partial charge in [-0.3, -0.25) is 0 Å². The monoisotopic (exact) mass is 320 g/mol. The van der Waals surface area contributed by atoms with E-state index < -0.39 is 7.14 Å². The van der Waals surface area contributed by atoms with Gasteiger partial charge in [0.2, 0.25) is 0 Å². The van der Waals surface area contributed by atoms with E-state index in [4.69, 9.17) is 0 Å². The molecule has 2 aromatic rings. The molecule has 0 aromatic heterocycles. The van der Waals surface area contributed by atoms with Gasteiger partial charge in [0.25, 0.3) is 0 Å². The average Bonchev–Trinajstić information content (AvgIpc) is 2.40. The lowest BCUT2D eigenvalue weighted by Crippen LogP contribution is -2.18. The second-order valence-electron chi connectivity index (χ2n) is 4.09. The van der Waals surface area contributed by atoms with E-state index in [9.17, 15) is 4.57 Å². The maximum Gasteiger partial charge on any atom is 0.147 e. The summed E-state index contributed by atoms with van der Waals surface area (Å²) in [5.74, 6) is 0. The Morgan fingerprint density at radius 1 is 0.944 bits per heavy atom. The Bertz CT molecular complexity index is 534. The van der Waals surface area contributed by atoms with Crippen LogP contribution in [-0.2, 0) is 4.57 Å². The summed E-state index contributed by atoms with van der Waals surface area (Å²) in [6, 6.07) is 19.2. The van der Waals surface area contributed by atoms with E-state index in [1.807, 2.05) is 60.7 Å². The highest BCUT2D eigenvalue weighted by Crippen LogP contribution is 2.45. The summed E-state index contributed by atoms with van der Waals surface area (Å²) in [4.78, 5) is 0. The van der Waals surface area contributed by atoms with Gasteiger partial charge in [-0.2, -0.15) is 0 Å². The van der Waals surface area contributed by atoms with Crippen LogP contribution in [0.2, 0.25) is 0 Å². The largest absolute Gasteiger partial charge is 0.313 e. The van der Waals surface area contributed by atoms with Gasteiger partial charge in [-0.05, 0) is 4.48 Å². The van der Waals surface area contributed by atoms with Crippen molar-refractivity contribution in [3.05, 3.63) is 71.7 Å². The zero-order valence-corrected chi connectivity index (χ0v) is 12.4. The molecule has 2 aromatic carbocycles. The van der Waals surface area contributed by atoms with E-state index in [1.54, 1.807) is 0 Å². The second-order valence-corrected chi connectivity index (χ2v) is 8.04. The van der Waals surface area contributed by atoms with Crippen LogP contribution in [0.1, 0.15) is 0 Å². The molecule has 0 N–H and O–H groups in total. The van der Waals surface area contributed by atoms with Crippen LogP contribution >= 0.6 is 23.1 Å². The van der Waals surface area contributed by atoms with Gasteiger partial charge in [-0.15, -0.1) is 0 Å². The summed E-state index contributed by atoms with van der Waals surface area (Å²) in [6.07, 6.45) is 0.445. The molecule has 0 aliphatic rings. The van der Waals surface area contributed by atoms with Crippen LogP contribution in [0.15, 0.2) is 71.7 Å². The lowest BCUT2D eigenvalue weighted by Gasteiger charge is -2.18. The molecule has 0 bridgehead atoms. The fraction of sp³-hybridized carbons (Fsp3) is 0.0667. The van der Waals surface area contributed by atoms with E-state index >= 15 is 0 Å². The van der Waals surface area contributed by atoms with Crippen molar-refractivity contribution in [3.8, 4) is 0 Å². The summed E-state index contributed by atoms with van der Waals surface area (Å²) in [5, 5.41) is 1.74. The van der Waals surface area contributed by atoms with E-state index in [-0.39, 0.29) is 0 Å². The molecular formula is C15H14BrOP. The van der Waals surface area contributed by atoms with Crippen molar-refractivity contribution >= 4 is 33.7 Å².